The summed E-state index contributed by atoms with van der Waals surface area (Å²) in [5.74, 6) is 2.46. The van der Waals surface area contributed by atoms with Gasteiger partial charge in [-0.05, 0) is 31.0 Å². The van der Waals surface area contributed by atoms with Crippen LogP contribution in [0.25, 0.3) is 11.0 Å². The summed E-state index contributed by atoms with van der Waals surface area (Å²) in [6.07, 6.45) is 2.14. The monoisotopic (exact) mass is 315 g/mol. The summed E-state index contributed by atoms with van der Waals surface area (Å²) in [6.45, 7) is 1.77. The Hall–Kier alpha value is -1.69. The SMILES string of the molecule is O=C(c1ccc2c(c1)[nH]c(=O)n2C1CC1)N1CC2(CSC2)C1. The van der Waals surface area contributed by atoms with E-state index in [1.807, 2.05) is 39.4 Å². The Morgan fingerprint density at radius 1 is 1.27 bits per heavy atom. The predicted octanol–water partition coefficient (Wildman–Crippen LogP) is 1.85. The van der Waals surface area contributed by atoms with Crippen LogP contribution in [-0.4, -0.2) is 45.0 Å². The van der Waals surface area contributed by atoms with Gasteiger partial charge in [0.2, 0.25) is 0 Å². The Balaban J connectivity index is 1.45. The van der Waals surface area contributed by atoms with Crippen LogP contribution in [0.2, 0.25) is 0 Å². The van der Waals surface area contributed by atoms with Crippen LogP contribution in [0.1, 0.15) is 29.2 Å². The summed E-state index contributed by atoms with van der Waals surface area (Å²) < 4.78 is 1.83. The zero-order valence-electron chi connectivity index (χ0n) is 12.2. The van der Waals surface area contributed by atoms with Gasteiger partial charge in [-0.25, -0.2) is 4.79 Å². The average molecular weight is 315 g/mol. The highest BCUT2D eigenvalue weighted by Crippen LogP contribution is 2.45. The van der Waals surface area contributed by atoms with Gasteiger partial charge in [0.25, 0.3) is 5.91 Å². The van der Waals surface area contributed by atoms with E-state index in [2.05, 4.69) is 4.98 Å². The number of carbonyl (C=O) groups is 1. The van der Waals surface area contributed by atoms with Crippen LogP contribution in [0.5, 0.6) is 0 Å². The van der Waals surface area contributed by atoms with Gasteiger partial charge in [0.05, 0.1) is 11.0 Å². The first kappa shape index (κ1) is 12.8. The molecule has 3 fully saturated rings. The molecule has 1 aromatic heterocycles. The highest BCUT2D eigenvalue weighted by molar-refractivity contribution is 8.00. The molecule has 114 valence electrons. The zero-order chi connectivity index (χ0) is 14.9. The van der Waals surface area contributed by atoms with Crippen LogP contribution >= 0.6 is 11.8 Å². The number of hydrogen-bond acceptors (Lipinski definition) is 3. The Morgan fingerprint density at radius 2 is 2.05 bits per heavy atom. The molecule has 5 rings (SSSR count). The van der Waals surface area contributed by atoms with Gasteiger partial charge in [-0.15, -0.1) is 0 Å². The fourth-order valence-corrected chi connectivity index (χ4v) is 4.77. The summed E-state index contributed by atoms with van der Waals surface area (Å²) in [5, 5.41) is 0. The minimum Gasteiger partial charge on any atom is -0.337 e. The van der Waals surface area contributed by atoms with Gasteiger partial charge >= 0.3 is 5.69 Å². The molecule has 0 atom stereocenters. The number of nitrogens with zero attached hydrogens (tertiary/aromatic N) is 2. The molecule has 1 amide bonds. The van der Waals surface area contributed by atoms with Gasteiger partial charge in [0.15, 0.2) is 0 Å². The van der Waals surface area contributed by atoms with E-state index in [9.17, 15) is 9.59 Å². The molecule has 22 heavy (non-hydrogen) atoms. The van der Waals surface area contributed by atoms with E-state index in [0.717, 1.165) is 37.0 Å². The Morgan fingerprint density at radius 3 is 2.68 bits per heavy atom. The number of fused-ring (bicyclic) bond motifs is 1. The number of H-pyrrole nitrogens is 1. The van der Waals surface area contributed by atoms with Gasteiger partial charge in [-0.3, -0.25) is 9.36 Å². The van der Waals surface area contributed by atoms with Crippen molar-refractivity contribution in [3.05, 3.63) is 34.2 Å². The number of imidazole rings is 1. The number of rotatable bonds is 2. The minimum atomic E-state index is -0.0588. The van der Waals surface area contributed by atoms with Crippen LogP contribution in [0.15, 0.2) is 23.0 Å². The number of amides is 1. The molecule has 2 aromatic rings. The molecule has 1 saturated carbocycles. The zero-order valence-corrected chi connectivity index (χ0v) is 13.0. The van der Waals surface area contributed by atoms with Crippen molar-refractivity contribution in [3.63, 3.8) is 0 Å². The number of benzene rings is 1. The number of aromatic nitrogens is 2. The lowest BCUT2D eigenvalue weighted by Gasteiger charge is -2.55. The second-order valence-electron chi connectivity index (χ2n) is 6.92. The van der Waals surface area contributed by atoms with Crippen molar-refractivity contribution < 1.29 is 4.79 Å². The molecule has 1 spiro atoms. The van der Waals surface area contributed by atoms with Crippen LogP contribution in [-0.2, 0) is 0 Å². The molecule has 1 N–H and O–H groups in total. The molecule has 0 unspecified atom stereocenters. The third kappa shape index (κ3) is 1.73. The summed E-state index contributed by atoms with van der Waals surface area (Å²) in [7, 11) is 0. The highest BCUT2D eigenvalue weighted by atomic mass is 32.2. The Labute approximate surface area is 131 Å². The molecular formula is C16H17N3O2S. The quantitative estimate of drug-likeness (QED) is 0.920. The van der Waals surface area contributed by atoms with Crippen molar-refractivity contribution in [2.45, 2.75) is 18.9 Å². The van der Waals surface area contributed by atoms with E-state index < -0.39 is 0 Å². The van der Waals surface area contributed by atoms with Crippen LogP contribution in [0, 0.1) is 5.41 Å². The normalized spacial score (nSPS) is 22.6. The fraction of sp³-hybridized carbons (Fsp3) is 0.500. The lowest BCUT2D eigenvalue weighted by atomic mass is 9.82. The van der Waals surface area contributed by atoms with E-state index in [1.54, 1.807) is 0 Å². The maximum Gasteiger partial charge on any atom is 0.326 e. The molecular weight excluding hydrogens is 298 g/mol. The van der Waals surface area contributed by atoms with Crippen LogP contribution in [0.3, 0.4) is 0 Å². The fourth-order valence-electron chi connectivity index (χ4n) is 3.62. The van der Waals surface area contributed by atoms with Crippen LogP contribution in [0.4, 0.5) is 0 Å². The first-order valence-corrected chi connectivity index (χ1v) is 8.92. The van der Waals surface area contributed by atoms with E-state index in [4.69, 9.17) is 0 Å². The van der Waals surface area contributed by atoms with E-state index >= 15 is 0 Å². The van der Waals surface area contributed by atoms with E-state index in [-0.39, 0.29) is 11.6 Å². The third-order valence-electron chi connectivity index (χ3n) is 5.03. The second kappa shape index (κ2) is 4.19. The first-order valence-electron chi connectivity index (χ1n) is 7.77. The van der Waals surface area contributed by atoms with Crippen molar-refractivity contribution in [3.8, 4) is 0 Å². The lowest BCUT2D eigenvalue weighted by molar-refractivity contribution is 0.0231. The second-order valence-corrected chi connectivity index (χ2v) is 7.90. The smallest absolute Gasteiger partial charge is 0.326 e. The van der Waals surface area contributed by atoms with Crippen molar-refractivity contribution in [1.29, 1.82) is 0 Å². The average Bonchev–Trinajstić information content (AvgIpc) is 3.17. The molecule has 2 saturated heterocycles. The minimum absolute atomic E-state index is 0.0588. The van der Waals surface area contributed by atoms with Crippen molar-refractivity contribution in [2.75, 3.05) is 24.6 Å². The number of carbonyl (C=O) groups excluding carboxylic acids is 1. The van der Waals surface area contributed by atoms with E-state index in [0.29, 0.717) is 17.0 Å². The maximum atomic E-state index is 12.6. The number of likely N-dealkylation sites (tertiary alicyclic amines) is 1. The largest absolute Gasteiger partial charge is 0.337 e. The predicted molar refractivity (Wildman–Crippen MR) is 86.5 cm³/mol. The highest BCUT2D eigenvalue weighted by Gasteiger charge is 2.49. The standard InChI is InChI=1S/C16H17N3O2S/c20-14(18-6-16(7-18)8-22-9-16)10-1-4-13-12(5-10)17-15(21)19(13)11-2-3-11/h1,4-5,11H,2-3,6-9H2,(H,17,21). The molecule has 5 nitrogen and oxygen atoms in total. The van der Waals surface area contributed by atoms with Gasteiger partial charge in [-0.2, -0.15) is 11.8 Å². The summed E-state index contributed by atoms with van der Waals surface area (Å²) in [5.41, 5.74) is 2.72. The molecule has 1 aliphatic carbocycles. The van der Waals surface area contributed by atoms with Crippen molar-refractivity contribution >= 4 is 28.7 Å². The number of aromatic amines is 1. The maximum absolute atomic E-state index is 12.6. The molecule has 6 heteroatoms. The molecule has 2 aliphatic heterocycles. The molecule has 3 heterocycles. The van der Waals surface area contributed by atoms with Gasteiger partial charge in [0.1, 0.15) is 0 Å². The van der Waals surface area contributed by atoms with Gasteiger partial charge in [-0.1, -0.05) is 0 Å². The summed E-state index contributed by atoms with van der Waals surface area (Å²) >= 11 is 1.96. The van der Waals surface area contributed by atoms with Gasteiger partial charge in [0, 0.05) is 41.6 Å². The number of nitrogens with one attached hydrogen (secondary N) is 1. The van der Waals surface area contributed by atoms with Crippen molar-refractivity contribution in [2.24, 2.45) is 5.41 Å². The molecule has 0 radical (unpaired) electrons. The lowest BCUT2D eigenvalue weighted by Crippen LogP contribution is -2.64. The Bertz CT molecular complexity index is 837. The Kier molecular flexibility index (Phi) is 2.44. The van der Waals surface area contributed by atoms with Crippen LogP contribution < -0.4 is 5.69 Å². The molecule has 3 aliphatic rings. The summed E-state index contributed by atoms with van der Waals surface area (Å²) in [6, 6.07) is 5.94. The van der Waals surface area contributed by atoms with Gasteiger partial charge < -0.3 is 9.88 Å². The topological polar surface area (TPSA) is 58.1 Å². The van der Waals surface area contributed by atoms with Crippen molar-refractivity contribution in [1.82, 2.24) is 14.5 Å². The van der Waals surface area contributed by atoms with E-state index in [1.165, 1.54) is 11.5 Å². The number of hydrogen-bond donors (Lipinski definition) is 1. The molecule has 0 bridgehead atoms. The first-order chi connectivity index (χ1) is 10.7. The summed E-state index contributed by atoms with van der Waals surface area (Å²) in [4.78, 5) is 29.4. The number of thioether (sulfide) groups is 1. The third-order valence-corrected chi connectivity index (χ3v) is 6.66. The molecule has 1 aromatic carbocycles.